The van der Waals surface area contributed by atoms with E-state index in [1.807, 2.05) is 0 Å². The molecule has 0 unspecified atom stereocenters. The normalized spacial score (nSPS) is 11.1. The van der Waals surface area contributed by atoms with Gasteiger partial charge in [0, 0.05) is 5.56 Å². The van der Waals surface area contributed by atoms with Crippen LogP contribution in [0.3, 0.4) is 0 Å². The van der Waals surface area contributed by atoms with Crippen molar-refractivity contribution in [2.75, 3.05) is 5.73 Å². The molecule has 2 rings (SSSR count). The zero-order chi connectivity index (χ0) is 14.7. The van der Waals surface area contributed by atoms with Crippen LogP contribution in [0.15, 0.2) is 24.3 Å². The van der Waals surface area contributed by atoms with Crippen molar-refractivity contribution < 1.29 is 0 Å². The molecule has 0 fully saturated rings. The molecule has 1 heterocycles. The highest BCUT2D eigenvalue weighted by molar-refractivity contribution is 14.1. The van der Waals surface area contributed by atoms with Gasteiger partial charge in [0.2, 0.25) is 0 Å². The second-order valence-corrected chi connectivity index (χ2v) is 6.30. The van der Waals surface area contributed by atoms with E-state index in [9.17, 15) is 0 Å². The zero-order valence-electron chi connectivity index (χ0n) is 12.2. The number of nitrogens with two attached hydrogens (primary N) is 1. The fraction of sp³-hybridized carbons (Fsp3) is 0.375. The predicted molar refractivity (Wildman–Crippen MR) is 92.7 cm³/mol. The zero-order valence-corrected chi connectivity index (χ0v) is 14.3. The number of aryl methyl sites for hydroxylation is 1. The topological polar surface area (TPSA) is 51.8 Å². The van der Waals surface area contributed by atoms with Gasteiger partial charge in [0.1, 0.15) is 5.82 Å². The Morgan fingerprint density at radius 3 is 2.35 bits per heavy atom. The number of nitrogens with zero attached hydrogens (tertiary/aromatic N) is 2. The fourth-order valence-corrected chi connectivity index (χ4v) is 2.57. The molecule has 106 valence electrons. The van der Waals surface area contributed by atoms with Crippen LogP contribution in [-0.2, 0) is 6.42 Å². The maximum Gasteiger partial charge on any atom is 0.161 e. The maximum absolute atomic E-state index is 6.01. The first-order valence-electron chi connectivity index (χ1n) is 6.95. The van der Waals surface area contributed by atoms with Crippen LogP contribution < -0.4 is 5.73 Å². The summed E-state index contributed by atoms with van der Waals surface area (Å²) in [6.45, 7) is 6.52. The van der Waals surface area contributed by atoms with Gasteiger partial charge in [-0.25, -0.2) is 9.97 Å². The molecule has 4 heteroatoms. The van der Waals surface area contributed by atoms with Gasteiger partial charge in [0.15, 0.2) is 5.82 Å². The van der Waals surface area contributed by atoms with Crippen molar-refractivity contribution in [1.82, 2.24) is 9.97 Å². The van der Waals surface area contributed by atoms with Crippen molar-refractivity contribution in [2.24, 2.45) is 0 Å². The van der Waals surface area contributed by atoms with Crippen LogP contribution in [0, 0.1) is 3.57 Å². The molecule has 1 aromatic heterocycles. The maximum atomic E-state index is 6.01. The third-order valence-corrected chi connectivity index (χ3v) is 4.44. The van der Waals surface area contributed by atoms with Crippen LogP contribution in [0.2, 0.25) is 0 Å². The SMILES string of the molecule is CCCc1nc(-c2ccc(C(C)C)cc2)nc(N)c1I. The fourth-order valence-electron chi connectivity index (χ4n) is 2.06. The standard InChI is InChI=1S/C16H20IN3/c1-4-5-13-14(17)15(18)20-16(19-13)12-8-6-11(7-9-12)10(2)3/h6-10H,4-5H2,1-3H3,(H2,18,19,20). The average molecular weight is 381 g/mol. The van der Waals surface area contributed by atoms with E-state index in [1.54, 1.807) is 0 Å². The molecule has 0 aliphatic heterocycles. The van der Waals surface area contributed by atoms with Crippen LogP contribution >= 0.6 is 22.6 Å². The van der Waals surface area contributed by atoms with Gasteiger partial charge in [0.05, 0.1) is 9.26 Å². The Bertz CT molecular complexity index is 591. The summed E-state index contributed by atoms with van der Waals surface area (Å²) in [6, 6.07) is 8.42. The van der Waals surface area contributed by atoms with Crippen LogP contribution in [0.1, 0.15) is 44.4 Å². The summed E-state index contributed by atoms with van der Waals surface area (Å²) >= 11 is 2.23. The molecule has 0 spiro atoms. The van der Waals surface area contributed by atoms with E-state index < -0.39 is 0 Å². The molecule has 0 saturated heterocycles. The monoisotopic (exact) mass is 381 g/mol. The van der Waals surface area contributed by atoms with Crippen LogP contribution in [0.25, 0.3) is 11.4 Å². The van der Waals surface area contributed by atoms with Crippen molar-refractivity contribution in [3.8, 4) is 11.4 Å². The summed E-state index contributed by atoms with van der Waals surface area (Å²) in [5.74, 6) is 1.83. The van der Waals surface area contributed by atoms with E-state index in [0.717, 1.165) is 33.5 Å². The lowest BCUT2D eigenvalue weighted by Gasteiger charge is -2.10. The molecule has 0 saturated carbocycles. The molecule has 2 N–H and O–H groups in total. The highest BCUT2D eigenvalue weighted by atomic mass is 127. The van der Waals surface area contributed by atoms with E-state index in [4.69, 9.17) is 5.73 Å². The molecule has 0 aliphatic carbocycles. The number of anilines is 1. The molecule has 0 aliphatic rings. The second kappa shape index (κ2) is 6.52. The first-order valence-corrected chi connectivity index (χ1v) is 8.03. The predicted octanol–water partition coefficient (Wildman–Crippen LogP) is 4.41. The Kier molecular flexibility index (Phi) is 4.96. The number of benzene rings is 1. The summed E-state index contributed by atoms with van der Waals surface area (Å²) in [5, 5.41) is 0. The lowest BCUT2D eigenvalue weighted by atomic mass is 10.0. The molecule has 1 aromatic carbocycles. The minimum Gasteiger partial charge on any atom is -0.383 e. The van der Waals surface area contributed by atoms with Crippen molar-refractivity contribution in [2.45, 2.75) is 39.5 Å². The Balaban J connectivity index is 2.41. The van der Waals surface area contributed by atoms with Crippen molar-refractivity contribution >= 4 is 28.4 Å². The minimum absolute atomic E-state index is 0.530. The van der Waals surface area contributed by atoms with Gasteiger partial charge >= 0.3 is 0 Å². The van der Waals surface area contributed by atoms with E-state index >= 15 is 0 Å². The van der Waals surface area contributed by atoms with E-state index in [0.29, 0.717) is 11.7 Å². The van der Waals surface area contributed by atoms with E-state index in [2.05, 4.69) is 77.6 Å². The van der Waals surface area contributed by atoms with Crippen LogP contribution in [0.4, 0.5) is 5.82 Å². The van der Waals surface area contributed by atoms with E-state index in [-0.39, 0.29) is 0 Å². The number of hydrogen-bond donors (Lipinski definition) is 1. The summed E-state index contributed by atoms with van der Waals surface area (Å²) in [4.78, 5) is 9.09. The Morgan fingerprint density at radius 1 is 1.15 bits per heavy atom. The first kappa shape index (κ1) is 15.2. The van der Waals surface area contributed by atoms with Crippen molar-refractivity contribution in [1.29, 1.82) is 0 Å². The number of hydrogen-bond acceptors (Lipinski definition) is 3. The van der Waals surface area contributed by atoms with Gasteiger partial charge in [-0.2, -0.15) is 0 Å². The lowest BCUT2D eigenvalue weighted by Crippen LogP contribution is -2.05. The Hall–Kier alpha value is -1.17. The van der Waals surface area contributed by atoms with Crippen LogP contribution in [-0.4, -0.2) is 9.97 Å². The van der Waals surface area contributed by atoms with Gasteiger partial charge in [-0.1, -0.05) is 51.5 Å². The van der Waals surface area contributed by atoms with Gasteiger partial charge in [-0.3, -0.25) is 0 Å². The largest absolute Gasteiger partial charge is 0.383 e. The number of halogens is 1. The lowest BCUT2D eigenvalue weighted by molar-refractivity contribution is 0.864. The van der Waals surface area contributed by atoms with Gasteiger partial charge < -0.3 is 5.73 Å². The minimum atomic E-state index is 0.530. The summed E-state index contributed by atoms with van der Waals surface area (Å²) < 4.78 is 0.979. The molecule has 0 atom stereocenters. The number of rotatable bonds is 4. The summed E-state index contributed by atoms with van der Waals surface area (Å²) in [6.07, 6.45) is 1.99. The Morgan fingerprint density at radius 2 is 1.80 bits per heavy atom. The molecular weight excluding hydrogens is 361 g/mol. The van der Waals surface area contributed by atoms with Crippen LogP contribution in [0.5, 0.6) is 0 Å². The molecule has 20 heavy (non-hydrogen) atoms. The molecular formula is C16H20IN3. The Labute approximate surface area is 134 Å². The van der Waals surface area contributed by atoms with Gasteiger partial charge in [-0.15, -0.1) is 0 Å². The highest BCUT2D eigenvalue weighted by Gasteiger charge is 2.11. The smallest absolute Gasteiger partial charge is 0.161 e. The molecule has 3 nitrogen and oxygen atoms in total. The molecule has 2 aromatic rings. The first-order chi connectivity index (χ1) is 9.52. The second-order valence-electron chi connectivity index (χ2n) is 5.22. The third kappa shape index (κ3) is 3.29. The molecule has 0 radical (unpaired) electrons. The molecule has 0 bridgehead atoms. The van der Waals surface area contributed by atoms with Crippen molar-refractivity contribution in [3.63, 3.8) is 0 Å². The quantitative estimate of drug-likeness (QED) is 0.799. The summed E-state index contributed by atoms with van der Waals surface area (Å²) in [5.41, 5.74) is 9.40. The number of nitrogen functional groups attached to an aromatic ring is 1. The summed E-state index contributed by atoms with van der Waals surface area (Å²) in [7, 11) is 0. The van der Waals surface area contributed by atoms with Crippen molar-refractivity contribution in [3.05, 3.63) is 39.1 Å². The van der Waals surface area contributed by atoms with Gasteiger partial charge in [0.25, 0.3) is 0 Å². The third-order valence-electron chi connectivity index (χ3n) is 3.27. The average Bonchev–Trinajstić information content (AvgIpc) is 2.44. The highest BCUT2D eigenvalue weighted by Crippen LogP contribution is 2.24. The number of aromatic nitrogens is 2. The molecule has 0 amide bonds. The van der Waals surface area contributed by atoms with E-state index in [1.165, 1.54) is 5.56 Å². The van der Waals surface area contributed by atoms with Gasteiger partial charge in [-0.05, 0) is 40.5 Å².